The van der Waals surface area contributed by atoms with Crippen molar-refractivity contribution in [3.05, 3.63) is 69.4 Å². The van der Waals surface area contributed by atoms with Crippen LogP contribution in [0.2, 0.25) is 5.15 Å². The van der Waals surface area contributed by atoms with E-state index in [-0.39, 0.29) is 5.69 Å². The maximum absolute atomic E-state index is 10.9. The number of hydrogen-bond acceptors (Lipinski definition) is 6. The van der Waals surface area contributed by atoms with Crippen LogP contribution < -0.4 is 5.43 Å². The largest absolute Gasteiger partial charge is 0.270 e. The molecule has 120 valence electrons. The van der Waals surface area contributed by atoms with Crippen LogP contribution in [-0.4, -0.2) is 20.8 Å². The number of anilines is 1. The molecule has 0 radical (unpaired) electrons. The van der Waals surface area contributed by atoms with Crippen molar-refractivity contribution < 1.29 is 4.92 Å². The average Bonchev–Trinajstić information content (AvgIpc) is 2.61. The Kier molecular flexibility index (Phi) is 4.35. The topological polar surface area (TPSA) is 93.3 Å². The van der Waals surface area contributed by atoms with Crippen LogP contribution in [0.3, 0.4) is 0 Å². The molecule has 3 rings (SSSR count). The minimum absolute atomic E-state index is 0.0128. The molecule has 0 spiro atoms. The van der Waals surface area contributed by atoms with E-state index in [1.54, 1.807) is 19.1 Å². The molecule has 3 aromatic rings. The molecule has 8 heteroatoms. The van der Waals surface area contributed by atoms with Crippen molar-refractivity contribution in [3.8, 4) is 0 Å². The maximum atomic E-state index is 10.9. The van der Waals surface area contributed by atoms with Crippen LogP contribution in [0.1, 0.15) is 12.5 Å². The lowest BCUT2D eigenvalue weighted by Crippen LogP contribution is -2.03. The second kappa shape index (κ2) is 6.59. The van der Waals surface area contributed by atoms with Crippen molar-refractivity contribution in [2.24, 2.45) is 5.10 Å². The predicted octanol–water partition coefficient (Wildman–Crippen LogP) is 4.03. The second-order valence-corrected chi connectivity index (χ2v) is 5.36. The molecule has 0 aliphatic rings. The summed E-state index contributed by atoms with van der Waals surface area (Å²) in [5.74, 6) is 0.458. The van der Waals surface area contributed by atoms with E-state index in [4.69, 9.17) is 11.6 Å². The Morgan fingerprint density at radius 1 is 1.17 bits per heavy atom. The smallest absolute Gasteiger partial charge is 0.259 e. The quantitative estimate of drug-likeness (QED) is 0.439. The SMILES string of the molecule is C/C(=N/Nc1nnc(Cl)c2ccccc12)c1cccc([N+](=O)[O-])c1. The highest BCUT2D eigenvalue weighted by atomic mass is 35.5. The van der Waals surface area contributed by atoms with Crippen molar-refractivity contribution in [2.45, 2.75) is 6.92 Å². The zero-order valence-corrected chi connectivity index (χ0v) is 13.4. The predicted molar refractivity (Wildman–Crippen MR) is 93.5 cm³/mol. The van der Waals surface area contributed by atoms with Crippen LogP contribution in [0.25, 0.3) is 10.8 Å². The molecule has 0 atom stereocenters. The van der Waals surface area contributed by atoms with Crippen molar-refractivity contribution in [2.75, 3.05) is 5.43 Å². The van der Waals surface area contributed by atoms with Gasteiger partial charge >= 0.3 is 0 Å². The fraction of sp³-hybridized carbons (Fsp3) is 0.0625. The molecule has 0 fully saturated rings. The van der Waals surface area contributed by atoms with Crippen LogP contribution in [-0.2, 0) is 0 Å². The van der Waals surface area contributed by atoms with Crippen LogP contribution >= 0.6 is 11.6 Å². The third-order valence-electron chi connectivity index (χ3n) is 3.45. The molecule has 2 aromatic carbocycles. The number of nitro benzene ring substituents is 1. The Morgan fingerprint density at radius 3 is 2.67 bits per heavy atom. The minimum Gasteiger partial charge on any atom is -0.259 e. The highest BCUT2D eigenvalue weighted by Crippen LogP contribution is 2.25. The summed E-state index contributed by atoms with van der Waals surface area (Å²) in [4.78, 5) is 10.4. The van der Waals surface area contributed by atoms with Gasteiger partial charge < -0.3 is 0 Å². The standard InChI is InChI=1S/C16H12ClN5O2/c1-10(11-5-4-6-12(9-11)22(23)24)18-20-16-14-8-3-2-7-13(14)15(17)19-21-16/h2-9H,1H3,(H,20,21)/b18-10-. The number of fused-ring (bicyclic) bond motifs is 1. The van der Waals surface area contributed by atoms with E-state index in [0.29, 0.717) is 22.2 Å². The number of aromatic nitrogens is 2. The van der Waals surface area contributed by atoms with E-state index in [9.17, 15) is 10.1 Å². The number of benzene rings is 2. The first-order valence-electron chi connectivity index (χ1n) is 7.02. The van der Waals surface area contributed by atoms with Gasteiger partial charge in [-0.25, -0.2) is 0 Å². The molecule has 0 amide bonds. The molecule has 0 aliphatic heterocycles. The first-order chi connectivity index (χ1) is 11.6. The first-order valence-corrected chi connectivity index (χ1v) is 7.40. The third kappa shape index (κ3) is 3.16. The van der Waals surface area contributed by atoms with Gasteiger partial charge in [-0.3, -0.25) is 15.5 Å². The fourth-order valence-corrected chi connectivity index (χ4v) is 2.40. The maximum Gasteiger partial charge on any atom is 0.270 e. The Bertz CT molecular complexity index is 958. The van der Waals surface area contributed by atoms with Crippen LogP contribution in [0, 0.1) is 10.1 Å². The molecule has 1 aromatic heterocycles. The van der Waals surface area contributed by atoms with Crippen LogP contribution in [0.5, 0.6) is 0 Å². The molecular formula is C16H12ClN5O2. The molecule has 1 N–H and O–H groups in total. The molecular weight excluding hydrogens is 330 g/mol. The van der Waals surface area contributed by atoms with Gasteiger partial charge in [0.2, 0.25) is 0 Å². The number of non-ortho nitro benzene ring substituents is 1. The summed E-state index contributed by atoms with van der Waals surface area (Å²) in [5.41, 5.74) is 4.08. The zero-order chi connectivity index (χ0) is 17.1. The zero-order valence-electron chi connectivity index (χ0n) is 12.6. The summed E-state index contributed by atoms with van der Waals surface area (Å²) in [7, 11) is 0. The van der Waals surface area contributed by atoms with Crippen molar-refractivity contribution in [1.82, 2.24) is 10.2 Å². The Labute approximate surface area is 142 Å². The van der Waals surface area contributed by atoms with Gasteiger partial charge in [0.1, 0.15) is 0 Å². The highest BCUT2D eigenvalue weighted by molar-refractivity contribution is 6.34. The van der Waals surface area contributed by atoms with E-state index in [2.05, 4.69) is 20.7 Å². The van der Waals surface area contributed by atoms with Crippen LogP contribution in [0.15, 0.2) is 53.6 Å². The number of hydrazone groups is 1. The number of nitrogens with one attached hydrogen (secondary N) is 1. The minimum atomic E-state index is -0.442. The normalized spacial score (nSPS) is 11.5. The molecule has 24 heavy (non-hydrogen) atoms. The van der Waals surface area contributed by atoms with Crippen molar-refractivity contribution in [3.63, 3.8) is 0 Å². The summed E-state index contributed by atoms with van der Waals surface area (Å²) in [6.45, 7) is 1.75. The summed E-state index contributed by atoms with van der Waals surface area (Å²) in [5, 5.41) is 24.9. The lowest BCUT2D eigenvalue weighted by atomic mass is 10.1. The number of hydrogen-bond donors (Lipinski definition) is 1. The molecule has 0 saturated heterocycles. The number of rotatable bonds is 4. The van der Waals surface area contributed by atoms with E-state index in [1.165, 1.54) is 12.1 Å². The molecule has 0 bridgehead atoms. The summed E-state index contributed by atoms with van der Waals surface area (Å²) < 4.78 is 0. The van der Waals surface area contributed by atoms with E-state index >= 15 is 0 Å². The van der Waals surface area contributed by atoms with E-state index in [0.717, 1.165) is 10.8 Å². The number of nitro groups is 1. The molecule has 0 unspecified atom stereocenters. The second-order valence-electron chi connectivity index (χ2n) is 5.00. The van der Waals surface area contributed by atoms with Crippen molar-refractivity contribution >= 4 is 39.6 Å². The van der Waals surface area contributed by atoms with E-state index < -0.39 is 4.92 Å². The fourth-order valence-electron chi connectivity index (χ4n) is 2.20. The van der Waals surface area contributed by atoms with Gasteiger partial charge in [0.15, 0.2) is 11.0 Å². The van der Waals surface area contributed by atoms with Crippen molar-refractivity contribution in [1.29, 1.82) is 0 Å². The van der Waals surface area contributed by atoms with Gasteiger partial charge in [-0.05, 0) is 6.92 Å². The van der Waals surface area contributed by atoms with Gasteiger partial charge in [0.25, 0.3) is 5.69 Å². The summed E-state index contributed by atoms with van der Waals surface area (Å²) in [6, 6.07) is 13.7. The van der Waals surface area contributed by atoms with E-state index in [1.807, 2.05) is 24.3 Å². The monoisotopic (exact) mass is 341 g/mol. The van der Waals surface area contributed by atoms with Gasteiger partial charge in [-0.15, -0.1) is 10.2 Å². The Hall–Kier alpha value is -3.06. The molecule has 1 heterocycles. The van der Waals surface area contributed by atoms with Gasteiger partial charge in [-0.1, -0.05) is 48.0 Å². The third-order valence-corrected chi connectivity index (χ3v) is 3.73. The van der Waals surface area contributed by atoms with Gasteiger partial charge in [-0.2, -0.15) is 5.10 Å². The Balaban J connectivity index is 1.92. The lowest BCUT2D eigenvalue weighted by molar-refractivity contribution is -0.384. The summed E-state index contributed by atoms with van der Waals surface area (Å²) in [6.07, 6.45) is 0. The number of halogens is 1. The average molecular weight is 342 g/mol. The van der Waals surface area contributed by atoms with Crippen LogP contribution in [0.4, 0.5) is 11.5 Å². The summed E-state index contributed by atoms with van der Waals surface area (Å²) >= 11 is 6.03. The first kappa shape index (κ1) is 15.8. The van der Waals surface area contributed by atoms with Gasteiger partial charge in [0, 0.05) is 28.5 Å². The molecule has 0 aliphatic carbocycles. The highest BCUT2D eigenvalue weighted by Gasteiger charge is 2.09. The lowest BCUT2D eigenvalue weighted by Gasteiger charge is -2.06. The number of nitrogens with zero attached hydrogens (tertiary/aromatic N) is 4. The Morgan fingerprint density at radius 2 is 1.92 bits per heavy atom. The molecule has 0 saturated carbocycles. The van der Waals surface area contributed by atoms with Gasteiger partial charge in [0.05, 0.1) is 10.6 Å². The molecule has 7 nitrogen and oxygen atoms in total.